The maximum absolute atomic E-state index is 11.2. The Hall–Kier alpha value is -3.92. The van der Waals surface area contributed by atoms with Crippen LogP contribution < -0.4 is 0 Å². The van der Waals surface area contributed by atoms with Crippen LogP contribution in [-0.4, -0.2) is 30.0 Å². The van der Waals surface area contributed by atoms with Crippen LogP contribution in [0.25, 0.3) is 20.9 Å². The Morgan fingerprint density at radius 2 is 1.46 bits per heavy atom. The van der Waals surface area contributed by atoms with Crippen LogP contribution in [0.4, 0.5) is 0 Å². The highest BCUT2D eigenvalue weighted by Gasteiger charge is 2.16. The minimum atomic E-state index is -4.27. The summed E-state index contributed by atoms with van der Waals surface area (Å²) in [6.07, 6.45) is 7.70. The van der Waals surface area contributed by atoms with Crippen LogP contribution in [0.15, 0.2) is 64.2 Å². The van der Waals surface area contributed by atoms with Gasteiger partial charge in [-0.1, -0.05) is 24.3 Å². The summed E-state index contributed by atoms with van der Waals surface area (Å²) in [5, 5.41) is 0. The Bertz CT molecular complexity index is 922. The molecule has 3 rings (SSSR count). The van der Waals surface area contributed by atoms with E-state index < -0.39 is 10.2 Å². The van der Waals surface area contributed by atoms with E-state index in [-0.39, 0.29) is 11.6 Å². The number of carbonyl (C=O) groups is 2. The molecule has 0 atom stereocenters. The van der Waals surface area contributed by atoms with Crippen molar-refractivity contribution in [1.29, 1.82) is 0 Å². The molecule has 0 amide bonds. The molecule has 26 heavy (non-hydrogen) atoms. The van der Waals surface area contributed by atoms with Gasteiger partial charge in [0.1, 0.15) is 0 Å². The highest BCUT2D eigenvalue weighted by molar-refractivity contribution is 7.88. The number of aromatic nitrogens is 2. The molecule has 0 bridgehead atoms. The molecule has 1 aromatic heterocycles. The van der Waals surface area contributed by atoms with Crippen LogP contribution in [0.3, 0.4) is 0 Å². The van der Waals surface area contributed by atoms with E-state index in [1.54, 1.807) is 43.0 Å². The second kappa shape index (κ2) is 10.1. The summed E-state index contributed by atoms with van der Waals surface area (Å²) in [5.74, 6) is -0.185. The van der Waals surface area contributed by atoms with Crippen molar-refractivity contribution in [3.63, 3.8) is 0 Å². The number of rotatable bonds is 2. The zero-order chi connectivity index (χ0) is 19.4. The quantitative estimate of drug-likeness (QED) is 0.478. The SMILES string of the molecule is O=C1C=CC(=O)c2ccccc21.[N-]=[N+]=NS(=O)(=O)N=[N+]=[N-].c1c[nH]cn1. The molecule has 1 aliphatic rings. The van der Waals surface area contributed by atoms with E-state index in [1.165, 1.54) is 12.2 Å². The third kappa shape index (κ3) is 6.68. The minimum Gasteiger partial charge on any atom is -0.351 e. The fourth-order valence-corrected chi connectivity index (χ4v) is 1.78. The Morgan fingerprint density at radius 1 is 0.962 bits per heavy atom. The number of hydrogen-bond acceptors (Lipinski definition) is 5. The molecule has 0 radical (unpaired) electrons. The average molecular weight is 374 g/mol. The Morgan fingerprint density at radius 3 is 1.77 bits per heavy atom. The predicted octanol–water partition coefficient (Wildman–Crippen LogP) is 2.88. The molecular formula is C13H10N8O4S. The molecule has 0 saturated heterocycles. The van der Waals surface area contributed by atoms with E-state index in [1.807, 2.05) is 9.82 Å². The van der Waals surface area contributed by atoms with Crippen LogP contribution >= 0.6 is 0 Å². The van der Waals surface area contributed by atoms with Crippen LogP contribution in [0.2, 0.25) is 0 Å². The van der Waals surface area contributed by atoms with Crippen molar-refractivity contribution < 1.29 is 18.0 Å². The average Bonchev–Trinajstić information content (AvgIpc) is 3.19. The van der Waals surface area contributed by atoms with Gasteiger partial charge in [-0.25, -0.2) is 13.4 Å². The maximum Gasteiger partial charge on any atom is 0.321 e. The highest BCUT2D eigenvalue weighted by atomic mass is 32.2. The van der Waals surface area contributed by atoms with Crippen LogP contribution in [0.5, 0.6) is 0 Å². The molecule has 1 aromatic carbocycles. The molecule has 2 aromatic rings. The number of carbonyl (C=O) groups excluding carboxylic acids is 2. The Labute approximate surface area is 146 Å². The van der Waals surface area contributed by atoms with Crippen molar-refractivity contribution >= 4 is 21.8 Å². The molecule has 1 aliphatic carbocycles. The van der Waals surface area contributed by atoms with Crippen molar-refractivity contribution in [2.75, 3.05) is 0 Å². The highest BCUT2D eigenvalue weighted by Crippen LogP contribution is 2.15. The lowest BCUT2D eigenvalue weighted by Gasteiger charge is -2.06. The van der Waals surface area contributed by atoms with Crippen molar-refractivity contribution in [2.24, 2.45) is 9.04 Å². The number of hydrogen-bond donors (Lipinski definition) is 1. The standard InChI is InChI=1S/C10H6O2.C3H4N2.N6O2S/c11-9-5-6-10(12)8-4-2-1-3-7(8)9;1-2-5-3-4-1;1-3-5-9(7,8)6-4-2/h1-6H;1-3H,(H,4,5);. The van der Waals surface area contributed by atoms with Crippen molar-refractivity contribution in [2.45, 2.75) is 0 Å². The van der Waals surface area contributed by atoms with Gasteiger partial charge in [0.25, 0.3) is 0 Å². The first-order chi connectivity index (χ1) is 12.4. The Balaban J connectivity index is 0.000000213. The number of fused-ring (bicyclic) bond motifs is 1. The number of imidazole rings is 1. The molecule has 0 fully saturated rings. The van der Waals surface area contributed by atoms with Crippen molar-refractivity contribution in [3.05, 3.63) is 87.2 Å². The second-order valence-corrected chi connectivity index (χ2v) is 5.38. The molecule has 0 spiro atoms. The number of allylic oxidation sites excluding steroid dienone is 2. The Kier molecular flexibility index (Phi) is 7.78. The fourth-order valence-electron chi connectivity index (χ4n) is 1.57. The molecule has 0 unspecified atom stereocenters. The summed E-state index contributed by atoms with van der Waals surface area (Å²) in [4.78, 5) is 32.6. The summed E-state index contributed by atoms with van der Waals surface area (Å²) in [7, 11) is -4.27. The first kappa shape index (κ1) is 20.1. The number of H-pyrrole nitrogens is 1. The van der Waals surface area contributed by atoms with Crippen molar-refractivity contribution in [3.8, 4) is 0 Å². The van der Waals surface area contributed by atoms with Crippen LogP contribution in [0.1, 0.15) is 20.7 Å². The normalized spacial score (nSPS) is 11.4. The van der Waals surface area contributed by atoms with Crippen LogP contribution in [-0.2, 0) is 10.2 Å². The molecule has 12 nitrogen and oxygen atoms in total. The number of azide groups is 1. The third-order valence-corrected chi connectivity index (χ3v) is 3.09. The monoisotopic (exact) mass is 374 g/mol. The lowest BCUT2D eigenvalue weighted by Crippen LogP contribution is -2.10. The van der Waals surface area contributed by atoms with Gasteiger partial charge in [0.15, 0.2) is 11.6 Å². The smallest absolute Gasteiger partial charge is 0.321 e. The van der Waals surface area contributed by atoms with Crippen molar-refractivity contribution in [1.82, 2.24) is 9.97 Å². The van der Waals surface area contributed by atoms with E-state index >= 15 is 0 Å². The first-order valence-corrected chi connectivity index (χ1v) is 7.97. The van der Waals surface area contributed by atoms with E-state index in [0.717, 1.165) is 0 Å². The summed E-state index contributed by atoms with van der Waals surface area (Å²) >= 11 is 0. The lowest BCUT2D eigenvalue weighted by atomic mass is 9.95. The predicted molar refractivity (Wildman–Crippen MR) is 90.0 cm³/mol. The fraction of sp³-hybridized carbons (Fsp3) is 0. The largest absolute Gasteiger partial charge is 0.351 e. The van der Waals surface area contributed by atoms with Gasteiger partial charge in [0.2, 0.25) is 0 Å². The maximum atomic E-state index is 11.2. The number of ketones is 2. The topological polar surface area (TPSA) is 194 Å². The van der Waals surface area contributed by atoms with E-state index in [0.29, 0.717) is 11.1 Å². The summed E-state index contributed by atoms with van der Waals surface area (Å²) in [6, 6.07) is 6.84. The zero-order valence-corrected chi connectivity index (χ0v) is 13.7. The van der Waals surface area contributed by atoms with Gasteiger partial charge in [-0.05, 0) is 23.2 Å². The molecular weight excluding hydrogens is 364 g/mol. The molecule has 1 N–H and O–H groups in total. The summed E-state index contributed by atoms with van der Waals surface area (Å²) < 4.78 is 24.3. The van der Waals surface area contributed by atoms with E-state index in [4.69, 9.17) is 11.1 Å². The molecule has 13 heteroatoms. The van der Waals surface area contributed by atoms with Gasteiger partial charge in [0.05, 0.1) is 6.33 Å². The summed E-state index contributed by atoms with van der Waals surface area (Å²) in [5.41, 5.74) is 16.1. The molecule has 1 heterocycles. The van der Waals surface area contributed by atoms with E-state index in [9.17, 15) is 18.0 Å². The minimum absolute atomic E-state index is 0.0924. The lowest BCUT2D eigenvalue weighted by molar-refractivity contribution is 0.0994. The first-order valence-electron chi connectivity index (χ1n) is 6.57. The van der Waals surface area contributed by atoms with Gasteiger partial charge in [-0.2, -0.15) is 0 Å². The number of benzene rings is 1. The summed E-state index contributed by atoms with van der Waals surface area (Å²) in [6.45, 7) is 0. The third-order valence-electron chi connectivity index (χ3n) is 2.53. The van der Waals surface area contributed by atoms with Gasteiger partial charge in [-0.15, -0.1) is 0 Å². The van der Waals surface area contributed by atoms with Gasteiger partial charge in [-0.3, -0.25) is 9.59 Å². The number of nitrogens with zero attached hydrogens (tertiary/aromatic N) is 7. The van der Waals surface area contributed by atoms with Crippen LogP contribution in [0, 0.1) is 0 Å². The number of nitrogens with one attached hydrogen (secondary N) is 1. The molecule has 0 saturated carbocycles. The van der Waals surface area contributed by atoms with Gasteiger partial charge >= 0.3 is 10.2 Å². The zero-order valence-electron chi connectivity index (χ0n) is 12.9. The van der Waals surface area contributed by atoms with Gasteiger partial charge < -0.3 is 4.98 Å². The second-order valence-electron chi connectivity index (χ2n) is 4.16. The number of aromatic amines is 1. The van der Waals surface area contributed by atoms with Gasteiger partial charge in [0, 0.05) is 42.4 Å². The molecule has 132 valence electrons. The molecule has 0 aliphatic heterocycles. The van der Waals surface area contributed by atoms with E-state index in [2.05, 4.69) is 19.0 Å².